The number of carbonyl (C=O) groups excluding carboxylic acids is 2. The average molecular weight is 401 g/mol. The van der Waals surface area contributed by atoms with Crippen molar-refractivity contribution in [2.75, 3.05) is 19.0 Å². The Morgan fingerprint density at radius 2 is 2.04 bits per heavy atom. The van der Waals surface area contributed by atoms with Crippen molar-refractivity contribution >= 4 is 29.2 Å². The topological polar surface area (TPSA) is 95.3 Å². The van der Waals surface area contributed by atoms with Gasteiger partial charge < -0.3 is 14.8 Å². The highest BCUT2D eigenvalue weighted by Gasteiger charge is 2.17. The number of halogens is 1. The number of amides is 1. The third kappa shape index (κ3) is 4.47. The van der Waals surface area contributed by atoms with Crippen LogP contribution in [0.15, 0.2) is 49.1 Å². The van der Waals surface area contributed by atoms with Crippen LogP contribution in [0.4, 0.5) is 5.69 Å². The summed E-state index contributed by atoms with van der Waals surface area (Å²) in [5.41, 5.74) is 2.10. The first-order valence-corrected chi connectivity index (χ1v) is 8.62. The molecule has 0 aliphatic carbocycles. The van der Waals surface area contributed by atoms with Crippen LogP contribution in [0.1, 0.15) is 15.9 Å². The van der Waals surface area contributed by atoms with Gasteiger partial charge in [0.1, 0.15) is 24.0 Å². The van der Waals surface area contributed by atoms with Gasteiger partial charge in [-0.05, 0) is 37.3 Å². The molecular formula is C19H17ClN4O4. The van der Waals surface area contributed by atoms with Crippen LogP contribution < -0.4 is 10.1 Å². The van der Waals surface area contributed by atoms with E-state index in [0.29, 0.717) is 22.1 Å². The molecule has 9 heteroatoms. The Labute approximate surface area is 166 Å². The monoisotopic (exact) mass is 400 g/mol. The predicted molar refractivity (Wildman–Crippen MR) is 103 cm³/mol. The molecule has 0 fully saturated rings. The number of aryl methyl sites for hydroxylation is 1. The number of rotatable bonds is 6. The van der Waals surface area contributed by atoms with Gasteiger partial charge in [0.15, 0.2) is 6.61 Å². The highest BCUT2D eigenvalue weighted by Crippen LogP contribution is 2.24. The molecule has 1 aromatic heterocycles. The quantitative estimate of drug-likeness (QED) is 0.639. The van der Waals surface area contributed by atoms with Gasteiger partial charge in [-0.25, -0.2) is 14.5 Å². The number of aromatic nitrogens is 3. The maximum absolute atomic E-state index is 12.3. The SMILES string of the molecule is COc1ccc(C)cc1C(=O)OCC(=O)Nc1cc(Cl)ccc1-n1cncn1. The molecule has 0 radical (unpaired) electrons. The lowest BCUT2D eigenvalue weighted by Crippen LogP contribution is -2.22. The van der Waals surface area contributed by atoms with E-state index in [1.54, 1.807) is 30.3 Å². The van der Waals surface area contributed by atoms with Crippen LogP contribution in [0.2, 0.25) is 5.02 Å². The lowest BCUT2D eigenvalue weighted by Gasteiger charge is -2.12. The van der Waals surface area contributed by atoms with Gasteiger partial charge in [-0.3, -0.25) is 4.79 Å². The summed E-state index contributed by atoms with van der Waals surface area (Å²) >= 11 is 6.02. The molecule has 0 bridgehead atoms. The Morgan fingerprint density at radius 3 is 2.75 bits per heavy atom. The fourth-order valence-corrected chi connectivity index (χ4v) is 2.69. The molecule has 2 aromatic carbocycles. The van der Waals surface area contributed by atoms with Crippen molar-refractivity contribution in [3.8, 4) is 11.4 Å². The molecule has 0 saturated heterocycles. The predicted octanol–water partition coefficient (Wildman–Crippen LogP) is 3.03. The maximum Gasteiger partial charge on any atom is 0.342 e. The van der Waals surface area contributed by atoms with Crippen LogP contribution >= 0.6 is 11.6 Å². The zero-order chi connectivity index (χ0) is 20.1. The minimum absolute atomic E-state index is 0.251. The average Bonchev–Trinajstić information content (AvgIpc) is 3.20. The first kappa shape index (κ1) is 19.4. The molecule has 3 rings (SSSR count). The molecule has 1 heterocycles. The molecule has 0 aliphatic rings. The Hall–Kier alpha value is -3.39. The summed E-state index contributed by atoms with van der Waals surface area (Å²) in [6, 6.07) is 10.0. The van der Waals surface area contributed by atoms with Gasteiger partial charge in [-0.1, -0.05) is 23.2 Å². The summed E-state index contributed by atoms with van der Waals surface area (Å²) in [4.78, 5) is 28.5. The molecule has 1 N–H and O–H groups in total. The number of nitrogens with one attached hydrogen (secondary N) is 1. The number of nitrogens with zero attached hydrogens (tertiary/aromatic N) is 3. The summed E-state index contributed by atoms with van der Waals surface area (Å²) in [5.74, 6) is -0.804. The summed E-state index contributed by atoms with van der Waals surface area (Å²) in [5, 5.41) is 7.13. The van der Waals surface area contributed by atoms with Gasteiger partial charge in [0.2, 0.25) is 0 Å². The van der Waals surface area contributed by atoms with E-state index >= 15 is 0 Å². The van der Waals surface area contributed by atoms with Gasteiger partial charge >= 0.3 is 5.97 Å². The smallest absolute Gasteiger partial charge is 0.342 e. The number of anilines is 1. The molecular weight excluding hydrogens is 384 g/mol. The third-order valence-corrected chi connectivity index (χ3v) is 4.04. The summed E-state index contributed by atoms with van der Waals surface area (Å²) in [6.07, 6.45) is 2.86. The summed E-state index contributed by atoms with van der Waals surface area (Å²) < 4.78 is 11.8. The second kappa shape index (κ2) is 8.53. The second-order valence-corrected chi connectivity index (χ2v) is 6.27. The van der Waals surface area contributed by atoms with Crippen molar-refractivity contribution in [2.45, 2.75) is 6.92 Å². The van der Waals surface area contributed by atoms with E-state index in [2.05, 4.69) is 15.4 Å². The highest BCUT2D eigenvalue weighted by atomic mass is 35.5. The van der Waals surface area contributed by atoms with Gasteiger partial charge in [0.25, 0.3) is 5.91 Å². The number of carbonyl (C=O) groups is 2. The molecule has 0 spiro atoms. The van der Waals surface area contributed by atoms with Crippen molar-refractivity contribution in [3.05, 3.63) is 65.2 Å². The molecule has 0 atom stereocenters. The summed E-state index contributed by atoms with van der Waals surface area (Å²) in [6.45, 7) is 1.37. The van der Waals surface area contributed by atoms with Crippen molar-refractivity contribution in [1.82, 2.24) is 14.8 Å². The maximum atomic E-state index is 12.3. The number of esters is 1. The van der Waals surface area contributed by atoms with Gasteiger partial charge in [-0.15, -0.1) is 0 Å². The Kier molecular flexibility index (Phi) is 5.90. The largest absolute Gasteiger partial charge is 0.496 e. The molecule has 8 nitrogen and oxygen atoms in total. The van der Waals surface area contributed by atoms with Crippen molar-refractivity contribution in [2.24, 2.45) is 0 Å². The zero-order valence-electron chi connectivity index (χ0n) is 15.2. The first-order chi connectivity index (χ1) is 13.5. The lowest BCUT2D eigenvalue weighted by atomic mass is 10.1. The van der Waals surface area contributed by atoms with Gasteiger partial charge in [0.05, 0.1) is 18.5 Å². The minimum atomic E-state index is -0.654. The fourth-order valence-electron chi connectivity index (χ4n) is 2.52. The lowest BCUT2D eigenvalue weighted by molar-refractivity contribution is -0.119. The van der Waals surface area contributed by atoms with E-state index < -0.39 is 18.5 Å². The Balaban J connectivity index is 1.69. The molecule has 0 saturated carbocycles. The van der Waals surface area contributed by atoms with Crippen LogP contribution in [0.3, 0.4) is 0 Å². The van der Waals surface area contributed by atoms with Crippen LogP contribution in [0, 0.1) is 6.92 Å². The van der Waals surface area contributed by atoms with E-state index in [1.807, 2.05) is 13.0 Å². The van der Waals surface area contributed by atoms with Crippen LogP contribution in [-0.2, 0) is 9.53 Å². The normalized spacial score (nSPS) is 10.4. The highest BCUT2D eigenvalue weighted by molar-refractivity contribution is 6.31. The molecule has 3 aromatic rings. The van der Waals surface area contributed by atoms with E-state index in [-0.39, 0.29) is 5.56 Å². The molecule has 0 aliphatic heterocycles. The van der Waals surface area contributed by atoms with Crippen molar-refractivity contribution in [3.63, 3.8) is 0 Å². The number of hydrogen-bond acceptors (Lipinski definition) is 6. The molecule has 144 valence electrons. The Bertz CT molecular complexity index is 1010. The standard InChI is InChI=1S/C19H17ClN4O4/c1-12-3-6-17(27-2)14(7-12)19(26)28-9-18(25)23-15-8-13(20)4-5-16(15)24-11-21-10-22-24/h3-8,10-11H,9H2,1-2H3,(H,23,25). The van der Waals surface area contributed by atoms with E-state index in [9.17, 15) is 9.59 Å². The van der Waals surface area contributed by atoms with E-state index in [4.69, 9.17) is 21.1 Å². The van der Waals surface area contributed by atoms with Crippen LogP contribution in [-0.4, -0.2) is 40.4 Å². The number of ether oxygens (including phenoxy) is 2. The van der Waals surface area contributed by atoms with Crippen molar-refractivity contribution < 1.29 is 19.1 Å². The third-order valence-electron chi connectivity index (χ3n) is 3.81. The second-order valence-electron chi connectivity index (χ2n) is 5.83. The van der Waals surface area contributed by atoms with Crippen LogP contribution in [0.5, 0.6) is 5.75 Å². The minimum Gasteiger partial charge on any atom is -0.496 e. The first-order valence-electron chi connectivity index (χ1n) is 8.24. The van der Waals surface area contributed by atoms with Gasteiger partial charge in [0, 0.05) is 5.02 Å². The molecule has 0 unspecified atom stereocenters. The van der Waals surface area contributed by atoms with Gasteiger partial charge in [-0.2, -0.15) is 5.10 Å². The molecule has 28 heavy (non-hydrogen) atoms. The number of hydrogen-bond donors (Lipinski definition) is 1. The van der Waals surface area contributed by atoms with Crippen LogP contribution in [0.25, 0.3) is 5.69 Å². The number of benzene rings is 2. The Morgan fingerprint density at radius 1 is 1.21 bits per heavy atom. The molecule has 1 amide bonds. The van der Waals surface area contributed by atoms with Crippen molar-refractivity contribution in [1.29, 1.82) is 0 Å². The summed E-state index contributed by atoms with van der Waals surface area (Å²) in [7, 11) is 1.46. The fraction of sp³-hybridized carbons (Fsp3) is 0.158. The zero-order valence-corrected chi connectivity index (χ0v) is 15.9. The van der Waals surface area contributed by atoms with E-state index in [0.717, 1.165) is 5.56 Å². The van der Waals surface area contributed by atoms with E-state index in [1.165, 1.54) is 24.4 Å². The number of methoxy groups -OCH3 is 1.